The van der Waals surface area contributed by atoms with Crippen LogP contribution in [0.5, 0.6) is 11.6 Å². The zero-order valence-electron chi connectivity index (χ0n) is 11.7. The summed E-state index contributed by atoms with van der Waals surface area (Å²) >= 11 is 5.85. The maximum Gasteiger partial charge on any atom is 0.226 e. The lowest BCUT2D eigenvalue weighted by Gasteiger charge is -2.06. The van der Waals surface area contributed by atoms with Crippen molar-refractivity contribution in [1.29, 1.82) is 0 Å². The van der Waals surface area contributed by atoms with Crippen LogP contribution in [0, 0.1) is 19.3 Å². The summed E-state index contributed by atoms with van der Waals surface area (Å²) in [5.74, 6) is 3.55. The summed E-state index contributed by atoms with van der Waals surface area (Å²) in [4.78, 5) is 4.90. The minimum atomic E-state index is 0.114. The summed E-state index contributed by atoms with van der Waals surface area (Å²) in [6.07, 6.45) is 6.62. The van der Waals surface area contributed by atoms with Crippen molar-refractivity contribution < 1.29 is 9.57 Å². The van der Waals surface area contributed by atoms with E-state index in [2.05, 4.69) is 16.2 Å². The molecule has 0 amide bonds. The third kappa shape index (κ3) is 3.77. The Balaban J connectivity index is 2.24. The molecule has 2 rings (SSSR count). The zero-order chi connectivity index (χ0) is 15.2. The van der Waals surface area contributed by atoms with Crippen molar-refractivity contribution in [3.05, 3.63) is 40.5 Å². The highest BCUT2D eigenvalue weighted by atomic mass is 35.5. The van der Waals surface area contributed by atoms with Gasteiger partial charge < -0.3 is 9.57 Å². The molecule has 5 nitrogen and oxygen atoms in total. The minimum absolute atomic E-state index is 0.114. The molecule has 21 heavy (non-hydrogen) atoms. The highest BCUT2D eigenvalue weighted by Crippen LogP contribution is 2.26. The standard InChI is InChI=1S/C15H14ClN3O2/c1-4-9-20-17-10-14-11(2)18-19(3)15(14)21-13-7-5-12(16)6-8-13/h1,5-8,10H,9H2,2-3H3. The molecule has 0 radical (unpaired) electrons. The number of halogens is 1. The van der Waals surface area contributed by atoms with Crippen LogP contribution in [0.1, 0.15) is 11.3 Å². The molecule has 0 atom stereocenters. The summed E-state index contributed by atoms with van der Waals surface area (Å²) in [5, 5.41) is 8.75. The van der Waals surface area contributed by atoms with Crippen LogP contribution in [0.4, 0.5) is 0 Å². The lowest BCUT2D eigenvalue weighted by Crippen LogP contribution is -1.97. The summed E-state index contributed by atoms with van der Waals surface area (Å²) in [6.45, 7) is 1.97. The topological polar surface area (TPSA) is 48.6 Å². The third-order valence-electron chi connectivity index (χ3n) is 2.65. The van der Waals surface area contributed by atoms with Crippen LogP contribution in [0.3, 0.4) is 0 Å². The summed E-state index contributed by atoms with van der Waals surface area (Å²) in [5.41, 5.74) is 1.50. The second kappa shape index (κ2) is 6.82. The molecule has 0 N–H and O–H groups in total. The van der Waals surface area contributed by atoms with Crippen molar-refractivity contribution >= 4 is 17.8 Å². The molecule has 0 aliphatic carbocycles. The van der Waals surface area contributed by atoms with Crippen molar-refractivity contribution in [2.24, 2.45) is 12.2 Å². The van der Waals surface area contributed by atoms with Crippen molar-refractivity contribution in [3.63, 3.8) is 0 Å². The quantitative estimate of drug-likeness (QED) is 0.369. The molecule has 0 bridgehead atoms. The van der Waals surface area contributed by atoms with Gasteiger partial charge in [0.25, 0.3) is 0 Å². The molecule has 0 aliphatic rings. The second-order valence-electron chi connectivity index (χ2n) is 4.20. The number of ether oxygens (including phenoxy) is 1. The number of aryl methyl sites for hydroxylation is 2. The first-order chi connectivity index (χ1) is 10.1. The first-order valence-electron chi connectivity index (χ1n) is 6.17. The van der Waals surface area contributed by atoms with E-state index in [1.54, 1.807) is 36.0 Å². The van der Waals surface area contributed by atoms with Gasteiger partial charge in [-0.05, 0) is 31.2 Å². The van der Waals surface area contributed by atoms with Crippen LogP contribution in [0.2, 0.25) is 5.02 Å². The Kier molecular flexibility index (Phi) is 4.85. The fraction of sp³-hybridized carbons (Fsp3) is 0.200. The molecular weight excluding hydrogens is 290 g/mol. The Morgan fingerprint density at radius 3 is 2.81 bits per heavy atom. The van der Waals surface area contributed by atoms with Gasteiger partial charge in [0.1, 0.15) is 5.75 Å². The van der Waals surface area contributed by atoms with Crippen LogP contribution in [0.25, 0.3) is 0 Å². The van der Waals surface area contributed by atoms with E-state index in [1.807, 2.05) is 6.92 Å². The zero-order valence-corrected chi connectivity index (χ0v) is 12.5. The largest absolute Gasteiger partial charge is 0.439 e. The summed E-state index contributed by atoms with van der Waals surface area (Å²) in [7, 11) is 1.79. The van der Waals surface area contributed by atoms with Gasteiger partial charge in [0.05, 0.1) is 17.5 Å². The Hall–Kier alpha value is -2.45. The number of hydrogen-bond donors (Lipinski definition) is 0. The predicted molar refractivity (Wildman–Crippen MR) is 81.9 cm³/mol. The SMILES string of the molecule is C#CCON=Cc1c(C)nn(C)c1Oc1ccc(Cl)cc1. The van der Waals surface area contributed by atoms with Crippen molar-refractivity contribution in [3.8, 4) is 24.0 Å². The number of hydrogen-bond acceptors (Lipinski definition) is 4. The van der Waals surface area contributed by atoms with E-state index in [1.165, 1.54) is 6.21 Å². The van der Waals surface area contributed by atoms with Crippen molar-refractivity contribution in [2.45, 2.75) is 6.92 Å². The van der Waals surface area contributed by atoms with E-state index in [0.29, 0.717) is 16.7 Å². The van der Waals surface area contributed by atoms with E-state index >= 15 is 0 Å². The molecular formula is C15H14ClN3O2. The molecule has 0 aliphatic heterocycles. The van der Waals surface area contributed by atoms with Crippen LogP contribution >= 0.6 is 11.6 Å². The van der Waals surface area contributed by atoms with Gasteiger partial charge in [-0.1, -0.05) is 22.7 Å². The number of benzene rings is 1. The average Bonchev–Trinajstić information content (AvgIpc) is 2.72. The molecule has 1 heterocycles. The fourth-order valence-corrected chi connectivity index (χ4v) is 1.83. The summed E-state index contributed by atoms with van der Waals surface area (Å²) in [6, 6.07) is 7.06. The molecule has 1 aromatic heterocycles. The van der Waals surface area contributed by atoms with Gasteiger partial charge in [-0.3, -0.25) is 0 Å². The number of oxime groups is 1. The molecule has 2 aromatic rings. The summed E-state index contributed by atoms with van der Waals surface area (Å²) < 4.78 is 7.46. The van der Waals surface area contributed by atoms with Gasteiger partial charge in [-0.2, -0.15) is 5.10 Å². The number of rotatable bonds is 5. The first-order valence-corrected chi connectivity index (χ1v) is 6.55. The van der Waals surface area contributed by atoms with E-state index in [-0.39, 0.29) is 6.61 Å². The van der Waals surface area contributed by atoms with Crippen LogP contribution in [0.15, 0.2) is 29.4 Å². The maximum atomic E-state index is 5.85. The van der Waals surface area contributed by atoms with Gasteiger partial charge in [-0.15, -0.1) is 6.42 Å². The van der Waals surface area contributed by atoms with Gasteiger partial charge >= 0.3 is 0 Å². The highest BCUT2D eigenvalue weighted by molar-refractivity contribution is 6.30. The minimum Gasteiger partial charge on any atom is -0.439 e. The molecule has 6 heteroatoms. The van der Waals surface area contributed by atoms with Crippen LogP contribution in [-0.4, -0.2) is 22.6 Å². The maximum absolute atomic E-state index is 5.85. The number of terminal acetylenes is 1. The van der Waals surface area contributed by atoms with Crippen molar-refractivity contribution in [2.75, 3.05) is 6.61 Å². The second-order valence-corrected chi connectivity index (χ2v) is 4.63. The van der Waals surface area contributed by atoms with Crippen molar-refractivity contribution in [1.82, 2.24) is 9.78 Å². The molecule has 0 spiro atoms. The van der Waals surface area contributed by atoms with Gasteiger partial charge in [0.15, 0.2) is 6.61 Å². The normalized spacial score (nSPS) is 10.6. The van der Waals surface area contributed by atoms with E-state index < -0.39 is 0 Å². The number of nitrogens with zero attached hydrogens (tertiary/aromatic N) is 3. The average molecular weight is 304 g/mol. The molecule has 0 saturated heterocycles. The van der Waals surface area contributed by atoms with Crippen LogP contribution < -0.4 is 4.74 Å². The lowest BCUT2D eigenvalue weighted by atomic mass is 10.3. The number of aromatic nitrogens is 2. The van der Waals surface area contributed by atoms with Gasteiger partial charge in [0.2, 0.25) is 5.88 Å². The fourth-order valence-electron chi connectivity index (χ4n) is 1.70. The van der Waals surface area contributed by atoms with E-state index in [4.69, 9.17) is 27.6 Å². The Bertz CT molecular complexity index is 684. The third-order valence-corrected chi connectivity index (χ3v) is 2.90. The van der Waals surface area contributed by atoms with Gasteiger partial charge in [-0.25, -0.2) is 4.68 Å². The predicted octanol–water partition coefficient (Wildman–Crippen LogP) is 3.16. The first kappa shape index (κ1) is 14.9. The van der Waals surface area contributed by atoms with E-state index in [9.17, 15) is 0 Å². The Morgan fingerprint density at radius 2 is 2.14 bits per heavy atom. The molecule has 0 fully saturated rings. The van der Waals surface area contributed by atoms with E-state index in [0.717, 1.165) is 11.3 Å². The van der Waals surface area contributed by atoms with Crippen LogP contribution in [-0.2, 0) is 11.9 Å². The molecule has 0 unspecified atom stereocenters. The molecule has 108 valence electrons. The highest BCUT2D eigenvalue weighted by Gasteiger charge is 2.14. The molecule has 1 aromatic carbocycles. The Morgan fingerprint density at radius 1 is 1.43 bits per heavy atom. The van der Waals surface area contributed by atoms with Gasteiger partial charge in [0, 0.05) is 12.1 Å². The Labute approximate surface area is 128 Å². The lowest BCUT2D eigenvalue weighted by molar-refractivity contribution is 0.181. The smallest absolute Gasteiger partial charge is 0.226 e. The molecule has 0 saturated carbocycles. The monoisotopic (exact) mass is 303 g/mol.